The Bertz CT molecular complexity index is 321. The van der Waals surface area contributed by atoms with E-state index in [4.69, 9.17) is 22.7 Å². The zero-order valence-corrected chi connectivity index (χ0v) is 11.6. The van der Waals surface area contributed by atoms with Gasteiger partial charge < -0.3 is 15.8 Å². The molecule has 4 nitrogen and oxygen atoms in total. The van der Waals surface area contributed by atoms with E-state index in [2.05, 4.69) is 5.32 Å². The summed E-state index contributed by atoms with van der Waals surface area (Å²) >= 11 is 5.19. The first kappa shape index (κ1) is 13.7. The molecule has 1 saturated heterocycles. The van der Waals surface area contributed by atoms with E-state index in [9.17, 15) is 4.79 Å². The molecule has 2 rings (SSSR count). The number of nitrogens with two attached hydrogens (primary N) is 1. The molecule has 2 fully saturated rings. The lowest BCUT2D eigenvalue weighted by Crippen LogP contribution is -2.59. The molecule has 1 saturated carbocycles. The minimum atomic E-state index is -0.428. The summed E-state index contributed by atoms with van der Waals surface area (Å²) < 4.78 is 5.28. The van der Waals surface area contributed by atoms with Crippen molar-refractivity contribution in [2.75, 3.05) is 13.2 Å². The quantitative estimate of drug-likeness (QED) is 0.763. The molecule has 1 aliphatic heterocycles. The topological polar surface area (TPSA) is 64.3 Å². The third-order valence-electron chi connectivity index (χ3n) is 4.13. The van der Waals surface area contributed by atoms with Gasteiger partial charge in [-0.2, -0.15) is 0 Å². The first-order valence-corrected chi connectivity index (χ1v) is 7.24. The fraction of sp³-hybridized carbons (Fsp3) is 0.846. The van der Waals surface area contributed by atoms with Gasteiger partial charge >= 0.3 is 0 Å². The molecule has 5 heteroatoms. The zero-order valence-electron chi connectivity index (χ0n) is 10.7. The molecule has 0 spiro atoms. The number of ether oxygens (including phenoxy) is 1. The van der Waals surface area contributed by atoms with Crippen molar-refractivity contribution >= 4 is 23.1 Å². The van der Waals surface area contributed by atoms with E-state index in [1.807, 2.05) is 0 Å². The van der Waals surface area contributed by atoms with Crippen molar-refractivity contribution in [3.05, 3.63) is 0 Å². The summed E-state index contributed by atoms with van der Waals surface area (Å²) in [6, 6.07) is 0. The molecule has 2 aliphatic rings. The van der Waals surface area contributed by atoms with Crippen LogP contribution in [0.25, 0.3) is 0 Å². The van der Waals surface area contributed by atoms with Crippen molar-refractivity contribution in [1.82, 2.24) is 5.32 Å². The lowest BCUT2D eigenvalue weighted by Gasteiger charge is -2.38. The largest absolute Gasteiger partial charge is 0.391 e. The summed E-state index contributed by atoms with van der Waals surface area (Å²) in [7, 11) is 0. The normalized spacial score (nSPS) is 24.4. The van der Waals surface area contributed by atoms with E-state index < -0.39 is 5.54 Å². The average Bonchev–Trinajstić information content (AvgIpc) is 2.40. The highest BCUT2D eigenvalue weighted by Gasteiger charge is 2.38. The van der Waals surface area contributed by atoms with Crippen LogP contribution in [0.1, 0.15) is 44.9 Å². The minimum absolute atomic E-state index is 0.0619. The van der Waals surface area contributed by atoms with Crippen molar-refractivity contribution in [3.63, 3.8) is 0 Å². The van der Waals surface area contributed by atoms with Crippen LogP contribution in [-0.4, -0.2) is 29.6 Å². The lowest BCUT2D eigenvalue weighted by atomic mass is 9.81. The van der Waals surface area contributed by atoms with Crippen LogP contribution in [0.3, 0.4) is 0 Å². The third-order valence-corrected chi connectivity index (χ3v) is 4.52. The Morgan fingerprint density at radius 2 is 1.83 bits per heavy atom. The van der Waals surface area contributed by atoms with Crippen molar-refractivity contribution in [3.8, 4) is 0 Å². The van der Waals surface area contributed by atoms with Crippen LogP contribution in [0.2, 0.25) is 0 Å². The number of carbonyl (C=O) groups excluding carboxylic acids is 1. The number of hydrogen-bond acceptors (Lipinski definition) is 3. The van der Waals surface area contributed by atoms with Gasteiger partial charge in [0.15, 0.2) is 0 Å². The standard InChI is InChI=1S/C13H22N2O2S/c14-12(18)13(6-2-1-3-7-13)15-11(16)10-4-8-17-9-5-10/h10H,1-9H2,(H2,14,18)(H,15,16). The van der Waals surface area contributed by atoms with Gasteiger partial charge in [-0.15, -0.1) is 0 Å². The van der Waals surface area contributed by atoms with E-state index in [0.717, 1.165) is 38.5 Å². The van der Waals surface area contributed by atoms with Gasteiger partial charge in [0.25, 0.3) is 0 Å². The maximum Gasteiger partial charge on any atom is 0.224 e. The Morgan fingerprint density at radius 1 is 1.22 bits per heavy atom. The predicted octanol–water partition coefficient (Wildman–Crippen LogP) is 1.52. The SMILES string of the molecule is NC(=S)C1(NC(=O)C2CCOCC2)CCCCC1. The molecule has 0 bridgehead atoms. The van der Waals surface area contributed by atoms with Crippen molar-refractivity contribution in [2.24, 2.45) is 11.7 Å². The van der Waals surface area contributed by atoms with Crippen LogP contribution in [0.15, 0.2) is 0 Å². The minimum Gasteiger partial charge on any atom is -0.391 e. The molecule has 0 unspecified atom stereocenters. The van der Waals surface area contributed by atoms with Crippen molar-refractivity contribution < 1.29 is 9.53 Å². The van der Waals surface area contributed by atoms with Gasteiger partial charge in [0.05, 0.1) is 10.5 Å². The van der Waals surface area contributed by atoms with Crippen LogP contribution < -0.4 is 11.1 Å². The van der Waals surface area contributed by atoms with E-state index >= 15 is 0 Å². The summed E-state index contributed by atoms with van der Waals surface area (Å²) in [6.07, 6.45) is 6.77. The molecular weight excluding hydrogens is 248 g/mol. The third kappa shape index (κ3) is 3.01. The van der Waals surface area contributed by atoms with Crippen molar-refractivity contribution in [2.45, 2.75) is 50.5 Å². The maximum atomic E-state index is 12.3. The molecule has 1 amide bonds. The number of nitrogens with one attached hydrogen (secondary N) is 1. The molecule has 102 valence electrons. The number of rotatable bonds is 3. The summed E-state index contributed by atoms with van der Waals surface area (Å²) in [5, 5.41) is 3.14. The van der Waals surface area contributed by atoms with Crippen LogP contribution >= 0.6 is 12.2 Å². The highest BCUT2D eigenvalue weighted by Crippen LogP contribution is 2.29. The molecule has 3 N–H and O–H groups in total. The summed E-state index contributed by atoms with van der Waals surface area (Å²) in [4.78, 5) is 12.7. The molecule has 0 atom stereocenters. The Morgan fingerprint density at radius 3 is 2.39 bits per heavy atom. The van der Waals surface area contributed by atoms with Crippen LogP contribution in [0.4, 0.5) is 0 Å². The van der Waals surface area contributed by atoms with E-state index in [1.165, 1.54) is 6.42 Å². The monoisotopic (exact) mass is 270 g/mol. The smallest absolute Gasteiger partial charge is 0.224 e. The first-order valence-electron chi connectivity index (χ1n) is 6.84. The number of amides is 1. The molecule has 18 heavy (non-hydrogen) atoms. The Kier molecular flexibility index (Phi) is 4.56. The van der Waals surface area contributed by atoms with Gasteiger partial charge in [-0.25, -0.2) is 0 Å². The Labute approximate surface area is 114 Å². The highest BCUT2D eigenvalue weighted by atomic mass is 32.1. The summed E-state index contributed by atoms with van der Waals surface area (Å²) in [5.41, 5.74) is 5.44. The van der Waals surface area contributed by atoms with Crippen LogP contribution in [-0.2, 0) is 9.53 Å². The van der Waals surface area contributed by atoms with Gasteiger partial charge in [0, 0.05) is 19.1 Å². The fourth-order valence-electron chi connectivity index (χ4n) is 2.89. The van der Waals surface area contributed by atoms with Gasteiger partial charge in [0.1, 0.15) is 0 Å². The molecule has 0 aromatic heterocycles. The molecule has 0 aromatic carbocycles. The molecular formula is C13H22N2O2S. The number of hydrogen-bond donors (Lipinski definition) is 2. The van der Waals surface area contributed by atoms with E-state index in [1.54, 1.807) is 0 Å². The summed E-state index contributed by atoms with van der Waals surface area (Å²) in [5.74, 6) is 0.167. The van der Waals surface area contributed by atoms with Crippen LogP contribution in [0, 0.1) is 5.92 Å². The lowest BCUT2D eigenvalue weighted by molar-refractivity contribution is -0.129. The second-order valence-electron chi connectivity index (χ2n) is 5.38. The predicted molar refractivity (Wildman–Crippen MR) is 74.3 cm³/mol. The van der Waals surface area contributed by atoms with Crippen LogP contribution in [0.5, 0.6) is 0 Å². The molecule has 0 aromatic rings. The van der Waals surface area contributed by atoms with Crippen molar-refractivity contribution in [1.29, 1.82) is 0 Å². The second kappa shape index (κ2) is 5.97. The fourth-order valence-corrected chi connectivity index (χ4v) is 3.14. The van der Waals surface area contributed by atoms with Gasteiger partial charge in [-0.05, 0) is 25.7 Å². The van der Waals surface area contributed by atoms with Gasteiger partial charge in [0.2, 0.25) is 5.91 Å². The molecule has 1 heterocycles. The average molecular weight is 270 g/mol. The van der Waals surface area contributed by atoms with Gasteiger partial charge in [-0.3, -0.25) is 4.79 Å². The molecule has 1 aliphatic carbocycles. The second-order valence-corrected chi connectivity index (χ2v) is 5.82. The molecule has 0 radical (unpaired) electrons. The Hall–Kier alpha value is -0.680. The first-order chi connectivity index (χ1) is 8.64. The summed E-state index contributed by atoms with van der Waals surface area (Å²) in [6.45, 7) is 1.36. The van der Waals surface area contributed by atoms with E-state index in [-0.39, 0.29) is 11.8 Å². The van der Waals surface area contributed by atoms with Gasteiger partial charge in [-0.1, -0.05) is 31.5 Å². The maximum absolute atomic E-state index is 12.3. The zero-order chi connectivity index (χ0) is 13.0. The highest BCUT2D eigenvalue weighted by molar-refractivity contribution is 7.80. The Balaban J connectivity index is 1.99. The number of thiocarbonyl (C=S) groups is 1. The van der Waals surface area contributed by atoms with E-state index in [0.29, 0.717) is 18.2 Å². The number of carbonyl (C=O) groups is 1.